The van der Waals surface area contributed by atoms with E-state index in [2.05, 4.69) is 27.4 Å². The predicted octanol–water partition coefficient (Wildman–Crippen LogP) is 2.99. The number of carbonyl (C=O) groups excluding carboxylic acids is 1. The van der Waals surface area contributed by atoms with Crippen molar-refractivity contribution in [2.75, 3.05) is 7.05 Å². The summed E-state index contributed by atoms with van der Waals surface area (Å²) in [7, 11) is 1.88. The van der Waals surface area contributed by atoms with Gasteiger partial charge >= 0.3 is 0 Å². The zero-order valence-electron chi connectivity index (χ0n) is 10.6. The Hall–Kier alpha value is -0.390. The second-order valence-corrected chi connectivity index (χ2v) is 7.37. The summed E-state index contributed by atoms with van der Waals surface area (Å²) in [5.74, 6) is 0.369. The van der Waals surface area contributed by atoms with Gasteiger partial charge in [-0.2, -0.15) is 0 Å². The maximum absolute atomic E-state index is 12.3. The van der Waals surface area contributed by atoms with E-state index in [-0.39, 0.29) is 17.9 Å². The normalized spacial score (nSPS) is 23.9. The van der Waals surface area contributed by atoms with E-state index in [1.807, 2.05) is 11.9 Å². The standard InChI is InChI=1S/C13H19BrN2OS/c1-16(7-9-5-12(14)18-8-9)13(17)10-3-2-4-11(15)6-10/h5,8,10-11H,2-4,6-7,15H2,1H3. The van der Waals surface area contributed by atoms with Crippen LogP contribution in [0.2, 0.25) is 0 Å². The van der Waals surface area contributed by atoms with Crippen LogP contribution in [0, 0.1) is 5.92 Å². The number of hydrogen-bond acceptors (Lipinski definition) is 3. The van der Waals surface area contributed by atoms with Gasteiger partial charge in [0.1, 0.15) is 0 Å². The highest BCUT2D eigenvalue weighted by Crippen LogP contribution is 2.26. The lowest BCUT2D eigenvalue weighted by Crippen LogP contribution is -2.38. The van der Waals surface area contributed by atoms with Crippen molar-refractivity contribution in [2.45, 2.75) is 38.3 Å². The van der Waals surface area contributed by atoms with Gasteiger partial charge in [-0.15, -0.1) is 11.3 Å². The van der Waals surface area contributed by atoms with Gasteiger partial charge < -0.3 is 10.6 Å². The van der Waals surface area contributed by atoms with Crippen molar-refractivity contribution in [3.8, 4) is 0 Å². The van der Waals surface area contributed by atoms with Gasteiger partial charge in [0.25, 0.3) is 0 Å². The first kappa shape index (κ1) is 14.0. The summed E-state index contributed by atoms with van der Waals surface area (Å²) in [6.45, 7) is 0.687. The van der Waals surface area contributed by atoms with Gasteiger partial charge in [-0.05, 0) is 52.2 Å². The van der Waals surface area contributed by atoms with Crippen molar-refractivity contribution >= 4 is 33.2 Å². The largest absolute Gasteiger partial charge is 0.341 e. The number of hydrogen-bond donors (Lipinski definition) is 1. The third-order valence-electron chi connectivity index (χ3n) is 3.48. The molecule has 2 rings (SSSR count). The SMILES string of the molecule is CN(Cc1csc(Br)c1)C(=O)C1CCCC(N)C1. The van der Waals surface area contributed by atoms with Crippen LogP contribution in [0.15, 0.2) is 15.2 Å². The fourth-order valence-corrected chi connectivity index (χ4v) is 3.74. The van der Waals surface area contributed by atoms with E-state index in [9.17, 15) is 4.79 Å². The zero-order chi connectivity index (χ0) is 13.1. The van der Waals surface area contributed by atoms with E-state index >= 15 is 0 Å². The lowest BCUT2D eigenvalue weighted by atomic mass is 9.85. The molecular formula is C13H19BrN2OS. The Balaban J connectivity index is 1.91. The number of amides is 1. The van der Waals surface area contributed by atoms with Crippen molar-refractivity contribution in [1.82, 2.24) is 4.90 Å². The number of halogens is 1. The average molecular weight is 331 g/mol. The predicted molar refractivity (Wildman–Crippen MR) is 78.4 cm³/mol. The quantitative estimate of drug-likeness (QED) is 0.925. The van der Waals surface area contributed by atoms with Crippen LogP contribution in [-0.4, -0.2) is 23.9 Å². The molecule has 5 heteroatoms. The first-order chi connectivity index (χ1) is 8.56. The van der Waals surface area contributed by atoms with Gasteiger partial charge in [-0.3, -0.25) is 4.79 Å². The molecule has 1 aromatic rings. The molecule has 2 unspecified atom stereocenters. The molecule has 2 atom stereocenters. The molecule has 2 N–H and O–H groups in total. The molecule has 3 nitrogen and oxygen atoms in total. The van der Waals surface area contributed by atoms with Gasteiger partial charge in [-0.1, -0.05) is 6.42 Å². The Morgan fingerprint density at radius 1 is 1.61 bits per heavy atom. The van der Waals surface area contributed by atoms with Crippen LogP contribution in [0.5, 0.6) is 0 Å². The summed E-state index contributed by atoms with van der Waals surface area (Å²) in [5, 5.41) is 2.08. The molecule has 1 amide bonds. The number of rotatable bonds is 3. The molecule has 1 aromatic heterocycles. The Labute approximate surface area is 120 Å². The fraction of sp³-hybridized carbons (Fsp3) is 0.615. The molecule has 0 radical (unpaired) electrons. The average Bonchev–Trinajstić information content (AvgIpc) is 2.73. The number of nitrogens with two attached hydrogens (primary N) is 1. The van der Waals surface area contributed by atoms with Gasteiger partial charge in [0.05, 0.1) is 3.79 Å². The topological polar surface area (TPSA) is 46.3 Å². The summed E-state index contributed by atoms with van der Waals surface area (Å²) in [6.07, 6.45) is 3.97. The molecule has 0 bridgehead atoms. The summed E-state index contributed by atoms with van der Waals surface area (Å²) in [4.78, 5) is 14.1. The Morgan fingerprint density at radius 2 is 2.39 bits per heavy atom. The monoisotopic (exact) mass is 330 g/mol. The van der Waals surface area contributed by atoms with Crippen LogP contribution >= 0.6 is 27.3 Å². The van der Waals surface area contributed by atoms with E-state index in [1.165, 1.54) is 5.56 Å². The molecule has 0 aliphatic heterocycles. The molecule has 100 valence electrons. The molecule has 1 aliphatic rings. The first-order valence-electron chi connectivity index (χ1n) is 6.29. The lowest BCUT2D eigenvalue weighted by Gasteiger charge is -2.29. The van der Waals surface area contributed by atoms with Crippen LogP contribution in [0.25, 0.3) is 0 Å². The van der Waals surface area contributed by atoms with E-state index in [4.69, 9.17) is 5.73 Å². The second kappa shape index (κ2) is 6.17. The molecule has 1 saturated carbocycles. The van der Waals surface area contributed by atoms with Gasteiger partial charge in [0.2, 0.25) is 5.91 Å². The molecular weight excluding hydrogens is 312 g/mol. The molecule has 0 spiro atoms. The van der Waals surface area contributed by atoms with Crippen LogP contribution in [0.4, 0.5) is 0 Å². The first-order valence-corrected chi connectivity index (χ1v) is 7.97. The van der Waals surface area contributed by atoms with E-state index in [0.29, 0.717) is 6.54 Å². The minimum absolute atomic E-state index is 0.126. The third-order valence-corrected chi connectivity index (χ3v) is 5.04. The minimum Gasteiger partial charge on any atom is -0.341 e. The molecule has 0 aromatic carbocycles. The van der Waals surface area contributed by atoms with Crippen molar-refractivity contribution in [1.29, 1.82) is 0 Å². The summed E-state index contributed by atoms with van der Waals surface area (Å²) in [5.41, 5.74) is 7.13. The maximum Gasteiger partial charge on any atom is 0.225 e. The van der Waals surface area contributed by atoms with Crippen LogP contribution < -0.4 is 5.73 Å². The number of nitrogens with zero attached hydrogens (tertiary/aromatic N) is 1. The van der Waals surface area contributed by atoms with E-state index in [0.717, 1.165) is 29.5 Å². The number of thiophene rings is 1. The zero-order valence-corrected chi connectivity index (χ0v) is 13.0. The third kappa shape index (κ3) is 3.56. The highest BCUT2D eigenvalue weighted by Gasteiger charge is 2.27. The minimum atomic E-state index is 0.126. The summed E-state index contributed by atoms with van der Waals surface area (Å²) in [6, 6.07) is 2.28. The Bertz CT molecular complexity index is 421. The maximum atomic E-state index is 12.3. The molecule has 1 heterocycles. The molecule has 1 aliphatic carbocycles. The molecule has 0 saturated heterocycles. The van der Waals surface area contributed by atoms with Crippen LogP contribution in [0.1, 0.15) is 31.2 Å². The molecule has 18 heavy (non-hydrogen) atoms. The second-order valence-electron chi connectivity index (χ2n) is 5.08. The lowest BCUT2D eigenvalue weighted by molar-refractivity contribution is -0.135. The summed E-state index contributed by atoms with van der Waals surface area (Å²) < 4.78 is 1.11. The van der Waals surface area contributed by atoms with Gasteiger partial charge in [-0.25, -0.2) is 0 Å². The van der Waals surface area contributed by atoms with E-state index in [1.54, 1.807) is 11.3 Å². The Morgan fingerprint density at radius 3 is 3.00 bits per heavy atom. The summed E-state index contributed by atoms with van der Waals surface area (Å²) >= 11 is 5.09. The van der Waals surface area contributed by atoms with Crippen molar-refractivity contribution in [3.05, 3.63) is 20.8 Å². The van der Waals surface area contributed by atoms with Crippen LogP contribution in [0.3, 0.4) is 0 Å². The molecule has 1 fully saturated rings. The van der Waals surface area contributed by atoms with Gasteiger partial charge in [0, 0.05) is 25.6 Å². The van der Waals surface area contributed by atoms with Crippen molar-refractivity contribution in [2.24, 2.45) is 11.7 Å². The van der Waals surface area contributed by atoms with Crippen molar-refractivity contribution < 1.29 is 4.79 Å². The smallest absolute Gasteiger partial charge is 0.225 e. The highest BCUT2D eigenvalue weighted by molar-refractivity contribution is 9.11. The van der Waals surface area contributed by atoms with Gasteiger partial charge in [0.15, 0.2) is 0 Å². The number of carbonyl (C=O) groups is 1. The fourth-order valence-electron chi connectivity index (χ4n) is 2.54. The highest BCUT2D eigenvalue weighted by atomic mass is 79.9. The van der Waals surface area contributed by atoms with E-state index < -0.39 is 0 Å². The van der Waals surface area contributed by atoms with Crippen LogP contribution in [-0.2, 0) is 11.3 Å². The Kier molecular flexibility index (Phi) is 4.81. The van der Waals surface area contributed by atoms with Crippen molar-refractivity contribution in [3.63, 3.8) is 0 Å².